The summed E-state index contributed by atoms with van der Waals surface area (Å²) in [6, 6.07) is 12.0. The molecule has 0 bridgehead atoms. The van der Waals surface area contributed by atoms with Gasteiger partial charge in [0.05, 0.1) is 12.9 Å². The number of amides is 2. The van der Waals surface area contributed by atoms with Crippen molar-refractivity contribution in [2.45, 2.75) is 25.3 Å². The Kier molecular flexibility index (Phi) is 5.19. The van der Waals surface area contributed by atoms with Gasteiger partial charge in [0.15, 0.2) is 5.76 Å². The van der Waals surface area contributed by atoms with Crippen molar-refractivity contribution in [3.05, 3.63) is 60.1 Å². The molecular weight excluding hydrogens is 320 g/mol. The summed E-state index contributed by atoms with van der Waals surface area (Å²) in [6.07, 6.45) is 3.61. The lowest BCUT2D eigenvalue weighted by molar-refractivity contribution is -0.123. The quantitative estimate of drug-likeness (QED) is 0.678. The molecule has 25 heavy (non-hydrogen) atoms. The molecule has 1 fully saturated rings. The zero-order chi connectivity index (χ0) is 17.7. The fourth-order valence-electron chi connectivity index (χ4n) is 2.66. The van der Waals surface area contributed by atoms with Crippen molar-refractivity contribution in [1.82, 2.24) is 10.6 Å². The molecule has 0 spiro atoms. The molecule has 1 aliphatic rings. The maximum atomic E-state index is 12.6. The van der Waals surface area contributed by atoms with E-state index >= 15 is 0 Å². The van der Waals surface area contributed by atoms with E-state index in [9.17, 15) is 14.7 Å². The maximum absolute atomic E-state index is 12.6. The zero-order valence-corrected chi connectivity index (χ0v) is 13.9. The number of carbonyl (C=O) groups excluding carboxylic acids is 2. The summed E-state index contributed by atoms with van der Waals surface area (Å²) in [7, 11) is 0. The van der Waals surface area contributed by atoms with E-state index in [1.165, 1.54) is 6.26 Å². The van der Waals surface area contributed by atoms with Crippen LogP contribution in [0.5, 0.6) is 0 Å². The van der Waals surface area contributed by atoms with E-state index in [1.807, 2.05) is 30.3 Å². The lowest BCUT2D eigenvalue weighted by Crippen LogP contribution is -2.49. The van der Waals surface area contributed by atoms with Crippen LogP contribution in [-0.4, -0.2) is 36.1 Å². The largest absolute Gasteiger partial charge is 0.459 e. The van der Waals surface area contributed by atoms with Crippen LogP contribution >= 0.6 is 0 Å². The first-order chi connectivity index (χ1) is 12.1. The third kappa shape index (κ3) is 4.48. The molecule has 0 saturated heterocycles. The predicted octanol–water partition coefficient (Wildman–Crippen LogP) is 1.51. The van der Waals surface area contributed by atoms with Gasteiger partial charge in [-0.15, -0.1) is 0 Å². The van der Waals surface area contributed by atoms with Crippen LogP contribution in [0, 0.1) is 5.41 Å². The van der Waals surface area contributed by atoms with Crippen molar-refractivity contribution < 1.29 is 19.1 Å². The number of furan rings is 1. The van der Waals surface area contributed by atoms with Gasteiger partial charge in [-0.3, -0.25) is 9.59 Å². The van der Waals surface area contributed by atoms with Gasteiger partial charge in [-0.2, -0.15) is 0 Å². The van der Waals surface area contributed by atoms with Gasteiger partial charge in [0.1, 0.15) is 6.04 Å². The molecular formula is C19H22N2O4. The molecule has 2 aromatic rings. The Morgan fingerprint density at radius 2 is 1.92 bits per heavy atom. The first kappa shape index (κ1) is 17.2. The zero-order valence-electron chi connectivity index (χ0n) is 13.9. The summed E-state index contributed by atoms with van der Waals surface area (Å²) in [5.74, 6) is -0.521. The number of aliphatic hydroxyl groups excluding tert-OH is 1. The average Bonchev–Trinajstić information content (AvgIpc) is 3.21. The highest BCUT2D eigenvalue weighted by Crippen LogP contribution is 2.44. The monoisotopic (exact) mass is 342 g/mol. The van der Waals surface area contributed by atoms with Gasteiger partial charge in [0.25, 0.3) is 5.91 Å². The third-order valence-electron chi connectivity index (χ3n) is 4.58. The van der Waals surface area contributed by atoms with Crippen LogP contribution in [0.2, 0.25) is 0 Å². The molecule has 6 heteroatoms. The second kappa shape index (κ2) is 7.53. The molecule has 1 saturated carbocycles. The number of aliphatic hydroxyl groups is 1. The summed E-state index contributed by atoms with van der Waals surface area (Å²) in [5, 5.41) is 15.0. The molecule has 3 rings (SSSR count). The minimum absolute atomic E-state index is 0.0649. The van der Waals surface area contributed by atoms with Crippen molar-refractivity contribution in [1.29, 1.82) is 0 Å². The van der Waals surface area contributed by atoms with Gasteiger partial charge < -0.3 is 20.2 Å². The molecule has 0 radical (unpaired) electrons. The molecule has 0 aliphatic heterocycles. The minimum Gasteiger partial charge on any atom is -0.459 e. The van der Waals surface area contributed by atoms with Crippen molar-refractivity contribution in [2.75, 3.05) is 13.2 Å². The average molecular weight is 342 g/mol. The molecule has 6 nitrogen and oxygen atoms in total. The van der Waals surface area contributed by atoms with E-state index in [-0.39, 0.29) is 23.7 Å². The molecule has 1 aromatic carbocycles. The van der Waals surface area contributed by atoms with E-state index in [4.69, 9.17) is 4.42 Å². The Labute approximate surface area is 146 Å². The fraction of sp³-hybridized carbons (Fsp3) is 0.368. The fourth-order valence-corrected chi connectivity index (χ4v) is 2.66. The Morgan fingerprint density at radius 1 is 1.16 bits per heavy atom. The topological polar surface area (TPSA) is 91.6 Å². The lowest BCUT2D eigenvalue weighted by atomic mass is 10.0. The van der Waals surface area contributed by atoms with Crippen LogP contribution < -0.4 is 10.6 Å². The molecule has 132 valence electrons. The predicted molar refractivity (Wildman–Crippen MR) is 91.9 cm³/mol. The van der Waals surface area contributed by atoms with Gasteiger partial charge in [-0.25, -0.2) is 0 Å². The van der Waals surface area contributed by atoms with Crippen molar-refractivity contribution >= 4 is 11.8 Å². The normalized spacial score (nSPS) is 16.0. The Hall–Kier alpha value is -2.60. The smallest absolute Gasteiger partial charge is 0.287 e. The van der Waals surface area contributed by atoms with Gasteiger partial charge in [0, 0.05) is 18.4 Å². The third-order valence-corrected chi connectivity index (χ3v) is 4.58. The Morgan fingerprint density at radius 3 is 2.52 bits per heavy atom. The molecule has 1 aromatic heterocycles. The highest BCUT2D eigenvalue weighted by atomic mass is 16.3. The van der Waals surface area contributed by atoms with Crippen LogP contribution in [0.15, 0.2) is 53.1 Å². The van der Waals surface area contributed by atoms with Crippen LogP contribution in [0.1, 0.15) is 29.0 Å². The van der Waals surface area contributed by atoms with Crippen LogP contribution in [0.25, 0.3) is 0 Å². The van der Waals surface area contributed by atoms with Crippen LogP contribution in [0.4, 0.5) is 0 Å². The summed E-state index contributed by atoms with van der Waals surface area (Å²) < 4.78 is 5.09. The van der Waals surface area contributed by atoms with Crippen molar-refractivity contribution in [3.63, 3.8) is 0 Å². The standard InChI is InChI=1S/C19H22N2O4/c22-13-19(8-9-19)12-20-17(23)15(11-14-5-2-1-3-6-14)21-18(24)16-7-4-10-25-16/h1-7,10,15,22H,8-9,11-13H2,(H,20,23)(H,21,24)/t15-/m1/s1. The lowest BCUT2D eigenvalue weighted by Gasteiger charge is -2.20. The molecule has 1 aliphatic carbocycles. The Balaban J connectivity index is 1.66. The molecule has 3 N–H and O–H groups in total. The number of rotatable bonds is 8. The summed E-state index contributed by atoms with van der Waals surface area (Å²) in [6.45, 7) is 0.486. The number of benzene rings is 1. The molecule has 2 amide bonds. The molecule has 0 unspecified atom stereocenters. The molecule has 1 atom stereocenters. The first-order valence-corrected chi connectivity index (χ1v) is 8.39. The molecule has 1 heterocycles. The second-order valence-corrected chi connectivity index (χ2v) is 6.57. The van der Waals surface area contributed by atoms with E-state index in [1.54, 1.807) is 12.1 Å². The van der Waals surface area contributed by atoms with Gasteiger partial charge in [-0.1, -0.05) is 30.3 Å². The summed E-state index contributed by atoms with van der Waals surface area (Å²) in [5.41, 5.74) is 0.767. The number of nitrogens with one attached hydrogen (secondary N) is 2. The van der Waals surface area contributed by atoms with E-state index in [2.05, 4.69) is 10.6 Å². The van der Waals surface area contributed by atoms with Gasteiger partial charge in [-0.05, 0) is 30.5 Å². The SMILES string of the molecule is O=C(N[C@H](Cc1ccccc1)C(=O)NCC1(CO)CC1)c1ccco1. The maximum Gasteiger partial charge on any atom is 0.287 e. The van der Waals surface area contributed by atoms with E-state index in [0.717, 1.165) is 18.4 Å². The first-order valence-electron chi connectivity index (χ1n) is 8.39. The number of hydrogen-bond acceptors (Lipinski definition) is 4. The van der Waals surface area contributed by atoms with Crippen molar-refractivity contribution in [3.8, 4) is 0 Å². The van der Waals surface area contributed by atoms with E-state index < -0.39 is 11.9 Å². The number of hydrogen-bond donors (Lipinski definition) is 3. The number of carbonyl (C=O) groups is 2. The van der Waals surface area contributed by atoms with Crippen LogP contribution in [-0.2, 0) is 11.2 Å². The Bertz CT molecular complexity index is 708. The van der Waals surface area contributed by atoms with Crippen LogP contribution in [0.3, 0.4) is 0 Å². The van der Waals surface area contributed by atoms with Gasteiger partial charge >= 0.3 is 0 Å². The minimum atomic E-state index is -0.713. The van der Waals surface area contributed by atoms with Gasteiger partial charge in [0.2, 0.25) is 5.91 Å². The highest BCUT2D eigenvalue weighted by molar-refractivity contribution is 5.95. The second-order valence-electron chi connectivity index (χ2n) is 6.57. The summed E-state index contributed by atoms with van der Waals surface area (Å²) in [4.78, 5) is 24.9. The van der Waals surface area contributed by atoms with E-state index in [0.29, 0.717) is 13.0 Å². The highest BCUT2D eigenvalue weighted by Gasteiger charge is 2.42. The van der Waals surface area contributed by atoms with Crippen molar-refractivity contribution in [2.24, 2.45) is 5.41 Å². The summed E-state index contributed by atoms with van der Waals surface area (Å²) >= 11 is 0.